The summed E-state index contributed by atoms with van der Waals surface area (Å²) in [4.78, 5) is 0. The molecule has 1 unspecified atom stereocenters. The molecule has 0 spiro atoms. The molecule has 0 aliphatic rings. The van der Waals surface area contributed by atoms with Crippen molar-refractivity contribution in [2.24, 2.45) is 5.92 Å². The second kappa shape index (κ2) is 15.5. The maximum Gasteiger partial charge on any atom is 0.146 e. The Balaban J connectivity index is 1.92. The SMILES string of the molecule is COCCOCOCCCCCC(CO)COCc1ccccc1. The standard InChI is InChI=1S/C19H32O5/c1-21-12-13-23-17-22-11-7-3-6-10-19(14-20)16-24-15-18-8-4-2-5-9-18/h2,4-5,8-9,19-20H,3,6-7,10-17H2,1H3. The van der Waals surface area contributed by atoms with Crippen LogP contribution in [0.3, 0.4) is 0 Å². The van der Waals surface area contributed by atoms with Gasteiger partial charge in [0.15, 0.2) is 0 Å². The van der Waals surface area contributed by atoms with E-state index in [1.165, 1.54) is 5.56 Å². The van der Waals surface area contributed by atoms with E-state index in [9.17, 15) is 5.11 Å². The van der Waals surface area contributed by atoms with Gasteiger partial charge in [-0.1, -0.05) is 43.2 Å². The highest BCUT2D eigenvalue weighted by Crippen LogP contribution is 2.11. The van der Waals surface area contributed by atoms with E-state index in [4.69, 9.17) is 18.9 Å². The third-order valence-corrected chi connectivity index (χ3v) is 3.72. The lowest BCUT2D eigenvalue weighted by Gasteiger charge is -2.14. The average Bonchev–Trinajstić information content (AvgIpc) is 2.62. The lowest BCUT2D eigenvalue weighted by molar-refractivity contribution is -0.0664. The number of hydrogen-bond acceptors (Lipinski definition) is 5. The van der Waals surface area contributed by atoms with Crippen LogP contribution in [0.1, 0.15) is 31.2 Å². The van der Waals surface area contributed by atoms with Crippen LogP contribution in [-0.4, -0.2) is 52.0 Å². The molecular weight excluding hydrogens is 308 g/mol. The number of ether oxygens (including phenoxy) is 4. The van der Waals surface area contributed by atoms with Gasteiger partial charge in [-0.15, -0.1) is 0 Å². The highest BCUT2D eigenvalue weighted by atomic mass is 16.7. The predicted octanol–water partition coefficient (Wildman–Crippen LogP) is 3.01. The zero-order chi connectivity index (χ0) is 17.3. The molecule has 1 atom stereocenters. The zero-order valence-corrected chi connectivity index (χ0v) is 14.8. The van der Waals surface area contributed by atoms with Crippen molar-refractivity contribution in [3.63, 3.8) is 0 Å². The molecule has 0 fully saturated rings. The minimum atomic E-state index is 0.179. The fraction of sp³-hybridized carbons (Fsp3) is 0.684. The third-order valence-electron chi connectivity index (χ3n) is 3.72. The maximum absolute atomic E-state index is 9.44. The monoisotopic (exact) mass is 340 g/mol. The molecule has 0 saturated heterocycles. The van der Waals surface area contributed by atoms with E-state index in [1.807, 2.05) is 30.3 Å². The third kappa shape index (κ3) is 11.5. The summed E-state index contributed by atoms with van der Waals surface area (Å²) in [6.07, 6.45) is 4.16. The van der Waals surface area contributed by atoms with Gasteiger partial charge >= 0.3 is 0 Å². The number of rotatable bonds is 16. The summed E-state index contributed by atoms with van der Waals surface area (Å²) >= 11 is 0. The summed E-state index contributed by atoms with van der Waals surface area (Å²) in [5.74, 6) is 0.215. The Morgan fingerprint density at radius 3 is 2.46 bits per heavy atom. The smallest absolute Gasteiger partial charge is 0.146 e. The van der Waals surface area contributed by atoms with Gasteiger partial charge in [-0.05, 0) is 18.4 Å². The lowest BCUT2D eigenvalue weighted by atomic mass is 10.0. The van der Waals surface area contributed by atoms with Gasteiger partial charge in [0.25, 0.3) is 0 Å². The fourth-order valence-corrected chi connectivity index (χ4v) is 2.28. The van der Waals surface area contributed by atoms with E-state index in [0.29, 0.717) is 39.8 Å². The number of hydrogen-bond donors (Lipinski definition) is 1. The minimum absolute atomic E-state index is 0.179. The molecule has 0 saturated carbocycles. The number of methoxy groups -OCH3 is 1. The second-order valence-corrected chi connectivity index (χ2v) is 5.83. The molecule has 0 heterocycles. The minimum Gasteiger partial charge on any atom is -0.396 e. The molecule has 1 N–H and O–H groups in total. The van der Waals surface area contributed by atoms with Crippen LogP contribution in [0.2, 0.25) is 0 Å². The van der Waals surface area contributed by atoms with Crippen molar-refractivity contribution in [3.8, 4) is 0 Å². The van der Waals surface area contributed by atoms with Gasteiger partial charge in [0.2, 0.25) is 0 Å². The van der Waals surface area contributed by atoms with Crippen LogP contribution in [0, 0.1) is 5.92 Å². The first-order valence-electron chi connectivity index (χ1n) is 8.73. The van der Waals surface area contributed by atoms with E-state index in [1.54, 1.807) is 7.11 Å². The van der Waals surface area contributed by atoms with E-state index >= 15 is 0 Å². The van der Waals surface area contributed by atoms with Crippen molar-refractivity contribution in [2.45, 2.75) is 32.3 Å². The summed E-state index contributed by atoms with van der Waals surface area (Å²) in [6, 6.07) is 10.1. The van der Waals surface area contributed by atoms with Crippen LogP contribution in [-0.2, 0) is 25.6 Å². The van der Waals surface area contributed by atoms with Gasteiger partial charge in [0.05, 0.1) is 26.4 Å². The van der Waals surface area contributed by atoms with Crippen molar-refractivity contribution >= 4 is 0 Å². The number of unbranched alkanes of at least 4 members (excludes halogenated alkanes) is 2. The second-order valence-electron chi connectivity index (χ2n) is 5.83. The van der Waals surface area contributed by atoms with Gasteiger partial charge in [0, 0.05) is 26.2 Å². The van der Waals surface area contributed by atoms with E-state index in [0.717, 1.165) is 25.7 Å². The molecule has 138 valence electrons. The molecule has 0 radical (unpaired) electrons. The molecule has 1 aromatic rings. The first-order chi connectivity index (χ1) is 11.9. The summed E-state index contributed by atoms with van der Waals surface area (Å²) in [5, 5.41) is 9.44. The van der Waals surface area contributed by atoms with E-state index < -0.39 is 0 Å². The lowest BCUT2D eigenvalue weighted by Crippen LogP contribution is -2.14. The van der Waals surface area contributed by atoms with Crippen LogP contribution in [0.25, 0.3) is 0 Å². The van der Waals surface area contributed by atoms with Gasteiger partial charge in [-0.3, -0.25) is 0 Å². The number of benzene rings is 1. The molecule has 0 aliphatic carbocycles. The summed E-state index contributed by atoms with van der Waals surface area (Å²) in [5.41, 5.74) is 1.17. The Morgan fingerprint density at radius 2 is 1.71 bits per heavy atom. The van der Waals surface area contributed by atoms with E-state index in [-0.39, 0.29) is 12.5 Å². The van der Waals surface area contributed by atoms with Crippen molar-refractivity contribution in [2.75, 3.05) is 46.9 Å². The number of aliphatic hydroxyl groups is 1. The average molecular weight is 340 g/mol. The van der Waals surface area contributed by atoms with Crippen LogP contribution in [0.4, 0.5) is 0 Å². The Morgan fingerprint density at radius 1 is 0.917 bits per heavy atom. The van der Waals surface area contributed by atoms with Gasteiger partial charge in [-0.25, -0.2) is 0 Å². The zero-order valence-electron chi connectivity index (χ0n) is 14.8. The normalized spacial score (nSPS) is 12.4. The largest absolute Gasteiger partial charge is 0.396 e. The van der Waals surface area contributed by atoms with Crippen molar-refractivity contribution in [1.29, 1.82) is 0 Å². The van der Waals surface area contributed by atoms with Crippen LogP contribution in [0.15, 0.2) is 30.3 Å². The molecule has 0 bridgehead atoms. The Bertz CT molecular complexity index is 371. The summed E-state index contributed by atoms with van der Waals surface area (Å²) in [7, 11) is 1.65. The molecule has 1 rings (SSSR count). The highest BCUT2D eigenvalue weighted by molar-refractivity contribution is 5.13. The van der Waals surface area contributed by atoms with Crippen molar-refractivity contribution in [3.05, 3.63) is 35.9 Å². The first kappa shape index (κ1) is 21.1. The summed E-state index contributed by atoms with van der Waals surface area (Å²) < 4.78 is 21.2. The number of aliphatic hydroxyl groups excluding tert-OH is 1. The maximum atomic E-state index is 9.44. The van der Waals surface area contributed by atoms with Gasteiger partial charge < -0.3 is 24.1 Å². The Labute approximate surface area is 145 Å². The fourth-order valence-electron chi connectivity index (χ4n) is 2.28. The molecule has 0 aliphatic heterocycles. The van der Waals surface area contributed by atoms with Gasteiger partial charge in [0.1, 0.15) is 6.79 Å². The molecule has 5 heteroatoms. The predicted molar refractivity (Wildman–Crippen MR) is 93.8 cm³/mol. The molecule has 24 heavy (non-hydrogen) atoms. The topological polar surface area (TPSA) is 57.2 Å². The molecular formula is C19H32O5. The van der Waals surface area contributed by atoms with Gasteiger partial charge in [-0.2, -0.15) is 0 Å². The molecule has 5 nitrogen and oxygen atoms in total. The van der Waals surface area contributed by atoms with Crippen LogP contribution < -0.4 is 0 Å². The summed E-state index contributed by atoms with van der Waals surface area (Å²) in [6.45, 7) is 3.59. The first-order valence-corrected chi connectivity index (χ1v) is 8.73. The molecule has 0 amide bonds. The quantitative estimate of drug-likeness (QED) is 0.370. The Hall–Kier alpha value is -0.980. The van der Waals surface area contributed by atoms with Crippen LogP contribution >= 0.6 is 0 Å². The van der Waals surface area contributed by atoms with Crippen molar-refractivity contribution in [1.82, 2.24) is 0 Å². The van der Waals surface area contributed by atoms with E-state index in [2.05, 4.69) is 0 Å². The molecule has 1 aromatic carbocycles. The molecule has 0 aromatic heterocycles. The Kier molecular flexibility index (Phi) is 13.6. The van der Waals surface area contributed by atoms with Crippen molar-refractivity contribution < 1.29 is 24.1 Å². The highest BCUT2D eigenvalue weighted by Gasteiger charge is 2.07. The van der Waals surface area contributed by atoms with Crippen LogP contribution in [0.5, 0.6) is 0 Å².